The molecule has 4 nitrogen and oxygen atoms in total. The van der Waals surface area contributed by atoms with Gasteiger partial charge in [0.2, 0.25) is 5.91 Å². The van der Waals surface area contributed by atoms with E-state index in [1.165, 1.54) is 0 Å². The molecule has 1 N–H and O–H groups in total. The summed E-state index contributed by atoms with van der Waals surface area (Å²) in [4.78, 5) is 24.5. The molecule has 0 atom stereocenters. The van der Waals surface area contributed by atoms with Crippen LogP contribution in [-0.4, -0.2) is 16.3 Å². The minimum Gasteiger partial charge on any atom is -0.344 e. The summed E-state index contributed by atoms with van der Waals surface area (Å²) in [5.74, 6) is -0.0747. The predicted molar refractivity (Wildman–Crippen MR) is 114 cm³/mol. The first-order valence-electron chi connectivity index (χ1n) is 9.19. The molecule has 0 aliphatic carbocycles. The smallest absolute Gasteiger partial charge is 0.226 e. The van der Waals surface area contributed by atoms with Gasteiger partial charge in [0.15, 0.2) is 5.78 Å². The number of amides is 1. The summed E-state index contributed by atoms with van der Waals surface area (Å²) in [6.45, 7) is 5.89. The molecule has 144 valence electrons. The van der Waals surface area contributed by atoms with Crippen LogP contribution >= 0.6 is 11.6 Å². The first-order chi connectivity index (χ1) is 13.4. The molecule has 0 aliphatic heterocycles. The van der Waals surface area contributed by atoms with E-state index in [1.54, 1.807) is 19.1 Å². The van der Waals surface area contributed by atoms with E-state index in [9.17, 15) is 9.59 Å². The molecule has 2 aromatic carbocycles. The molecule has 0 spiro atoms. The Bertz CT molecular complexity index is 1020. The van der Waals surface area contributed by atoms with Gasteiger partial charge in [-0.3, -0.25) is 9.59 Å². The van der Waals surface area contributed by atoms with Crippen molar-refractivity contribution in [2.75, 3.05) is 5.32 Å². The van der Waals surface area contributed by atoms with Gasteiger partial charge in [0.25, 0.3) is 0 Å². The minimum atomic E-state index is -0.0955. The number of rotatable bonds is 6. The highest BCUT2D eigenvalue weighted by Crippen LogP contribution is 2.27. The largest absolute Gasteiger partial charge is 0.344 e. The Kier molecular flexibility index (Phi) is 6.00. The lowest BCUT2D eigenvalue weighted by Gasteiger charge is -2.13. The third-order valence-electron chi connectivity index (χ3n) is 4.85. The Morgan fingerprint density at radius 3 is 2.43 bits per heavy atom. The lowest BCUT2D eigenvalue weighted by Crippen LogP contribution is -2.16. The molecule has 0 bridgehead atoms. The highest BCUT2D eigenvalue weighted by Gasteiger charge is 2.17. The number of Topliss-reactive ketones (excluding diaryl/α,β-unsaturated/α-hetero) is 1. The van der Waals surface area contributed by atoms with Crippen LogP contribution in [-0.2, 0) is 11.3 Å². The minimum absolute atomic E-state index is 0.0208. The summed E-state index contributed by atoms with van der Waals surface area (Å²) in [5, 5.41) is 3.51. The van der Waals surface area contributed by atoms with E-state index in [0.29, 0.717) is 23.6 Å². The maximum absolute atomic E-state index is 12.5. The second-order valence-corrected chi connectivity index (χ2v) is 7.30. The van der Waals surface area contributed by atoms with Crippen LogP contribution in [0.4, 0.5) is 5.69 Å². The van der Waals surface area contributed by atoms with Gasteiger partial charge in [-0.25, -0.2) is 0 Å². The number of aryl methyl sites for hydroxylation is 1. The van der Waals surface area contributed by atoms with Crippen molar-refractivity contribution in [1.82, 2.24) is 4.57 Å². The molecule has 1 aromatic heterocycles. The molecule has 0 aliphatic rings. The number of carbonyl (C=O) groups is 2. The number of halogens is 1. The summed E-state index contributed by atoms with van der Waals surface area (Å²) in [6.07, 6.45) is 0.290. The monoisotopic (exact) mass is 394 g/mol. The number of ketones is 1. The molecule has 0 unspecified atom stereocenters. The highest BCUT2D eigenvalue weighted by molar-refractivity contribution is 6.31. The summed E-state index contributed by atoms with van der Waals surface area (Å²) in [5.41, 5.74) is 5.19. The number of aromatic nitrogens is 1. The molecule has 0 saturated carbocycles. The van der Waals surface area contributed by atoms with Crippen molar-refractivity contribution in [2.45, 2.75) is 33.7 Å². The maximum Gasteiger partial charge on any atom is 0.226 e. The number of benzene rings is 2. The van der Waals surface area contributed by atoms with Gasteiger partial charge in [-0.05, 0) is 50.1 Å². The maximum atomic E-state index is 12.5. The zero-order valence-electron chi connectivity index (χ0n) is 16.3. The highest BCUT2D eigenvalue weighted by atomic mass is 35.5. The van der Waals surface area contributed by atoms with Crippen LogP contribution in [0, 0.1) is 13.8 Å². The molecule has 28 heavy (non-hydrogen) atoms. The molecule has 3 aromatic rings. The van der Waals surface area contributed by atoms with Crippen molar-refractivity contribution in [1.29, 1.82) is 0 Å². The van der Waals surface area contributed by atoms with E-state index in [0.717, 1.165) is 28.2 Å². The standard InChI is InChI=1S/C23H23ClN2O2/c1-15-9-10-19(24)13-21(15)25-23(28)11-12-26-16(2)20(17(3)27)14-22(26)18-7-5-4-6-8-18/h4-10,13-14H,11-12H2,1-3H3,(H,25,28). The Labute approximate surface area is 170 Å². The lowest BCUT2D eigenvalue weighted by atomic mass is 10.1. The Morgan fingerprint density at radius 1 is 1.04 bits per heavy atom. The molecule has 0 radical (unpaired) electrons. The topological polar surface area (TPSA) is 51.1 Å². The second-order valence-electron chi connectivity index (χ2n) is 6.86. The van der Waals surface area contributed by atoms with Crippen LogP contribution in [0.25, 0.3) is 11.3 Å². The van der Waals surface area contributed by atoms with Crippen LogP contribution in [0.15, 0.2) is 54.6 Å². The Morgan fingerprint density at radius 2 is 1.75 bits per heavy atom. The zero-order chi connectivity index (χ0) is 20.3. The fourth-order valence-corrected chi connectivity index (χ4v) is 3.46. The number of nitrogens with zero attached hydrogens (tertiary/aromatic N) is 1. The Hall–Kier alpha value is -2.85. The van der Waals surface area contributed by atoms with Crippen molar-refractivity contribution >= 4 is 29.0 Å². The fourth-order valence-electron chi connectivity index (χ4n) is 3.29. The van der Waals surface area contributed by atoms with Crippen LogP contribution in [0.1, 0.15) is 35.0 Å². The van der Waals surface area contributed by atoms with Gasteiger partial charge in [-0.15, -0.1) is 0 Å². The van der Waals surface area contributed by atoms with E-state index >= 15 is 0 Å². The Balaban J connectivity index is 1.82. The van der Waals surface area contributed by atoms with Crippen LogP contribution in [0.5, 0.6) is 0 Å². The zero-order valence-corrected chi connectivity index (χ0v) is 17.0. The molecule has 5 heteroatoms. The number of nitrogens with one attached hydrogen (secondary N) is 1. The fraction of sp³-hybridized carbons (Fsp3) is 0.217. The molecule has 0 fully saturated rings. The van der Waals surface area contributed by atoms with Crippen LogP contribution in [0.3, 0.4) is 0 Å². The van der Waals surface area contributed by atoms with Gasteiger partial charge in [0.1, 0.15) is 0 Å². The van der Waals surface area contributed by atoms with Crippen molar-refractivity contribution in [3.05, 3.63) is 76.4 Å². The predicted octanol–water partition coefficient (Wildman–Crippen LogP) is 5.66. The number of hydrogen-bond donors (Lipinski definition) is 1. The molecular formula is C23H23ClN2O2. The molecular weight excluding hydrogens is 372 g/mol. The molecule has 0 saturated heterocycles. The average molecular weight is 395 g/mol. The van der Waals surface area contributed by atoms with Gasteiger partial charge in [-0.1, -0.05) is 48.0 Å². The van der Waals surface area contributed by atoms with Gasteiger partial charge in [-0.2, -0.15) is 0 Å². The number of carbonyl (C=O) groups excluding carboxylic acids is 2. The molecule has 3 rings (SSSR count). The number of anilines is 1. The summed E-state index contributed by atoms with van der Waals surface area (Å²) >= 11 is 6.03. The summed E-state index contributed by atoms with van der Waals surface area (Å²) < 4.78 is 2.04. The van der Waals surface area contributed by atoms with E-state index in [2.05, 4.69) is 5.32 Å². The first-order valence-corrected chi connectivity index (χ1v) is 9.57. The SMILES string of the molecule is CC(=O)c1cc(-c2ccccc2)n(CCC(=O)Nc2cc(Cl)ccc2C)c1C. The first kappa shape index (κ1) is 19.9. The van der Waals surface area contributed by atoms with E-state index in [-0.39, 0.29) is 11.7 Å². The summed E-state index contributed by atoms with van der Waals surface area (Å²) in [7, 11) is 0. The van der Waals surface area contributed by atoms with Gasteiger partial charge < -0.3 is 9.88 Å². The molecule has 1 amide bonds. The van der Waals surface area contributed by atoms with E-state index in [1.807, 2.05) is 60.9 Å². The van der Waals surface area contributed by atoms with Crippen molar-refractivity contribution < 1.29 is 9.59 Å². The van der Waals surface area contributed by atoms with E-state index < -0.39 is 0 Å². The normalized spacial score (nSPS) is 10.7. The van der Waals surface area contributed by atoms with Crippen LogP contribution in [0.2, 0.25) is 5.02 Å². The number of hydrogen-bond acceptors (Lipinski definition) is 2. The lowest BCUT2D eigenvalue weighted by molar-refractivity contribution is -0.116. The van der Waals surface area contributed by atoms with E-state index in [4.69, 9.17) is 11.6 Å². The third kappa shape index (κ3) is 4.34. The second kappa shape index (κ2) is 8.44. The van der Waals surface area contributed by atoms with Crippen molar-refractivity contribution in [3.8, 4) is 11.3 Å². The van der Waals surface area contributed by atoms with Crippen molar-refractivity contribution in [3.63, 3.8) is 0 Å². The molecule has 1 heterocycles. The van der Waals surface area contributed by atoms with Gasteiger partial charge in [0.05, 0.1) is 0 Å². The average Bonchev–Trinajstić information content (AvgIpc) is 3.00. The van der Waals surface area contributed by atoms with Gasteiger partial charge >= 0.3 is 0 Å². The third-order valence-corrected chi connectivity index (χ3v) is 5.09. The summed E-state index contributed by atoms with van der Waals surface area (Å²) in [6, 6.07) is 17.2. The van der Waals surface area contributed by atoms with Gasteiger partial charge in [0, 0.05) is 40.6 Å². The quantitative estimate of drug-likeness (QED) is 0.548. The van der Waals surface area contributed by atoms with Crippen LogP contribution < -0.4 is 5.32 Å². The van der Waals surface area contributed by atoms with Crippen molar-refractivity contribution in [2.24, 2.45) is 0 Å².